The molecule has 1 aromatic carbocycles. The van der Waals surface area contributed by atoms with Crippen molar-refractivity contribution in [1.29, 1.82) is 0 Å². The normalized spacial score (nSPS) is 18.6. The van der Waals surface area contributed by atoms with Gasteiger partial charge in [0.05, 0.1) is 25.2 Å². The van der Waals surface area contributed by atoms with Gasteiger partial charge < -0.3 is 9.14 Å². The van der Waals surface area contributed by atoms with Crippen molar-refractivity contribution in [2.45, 2.75) is 18.9 Å². The number of aromatic nitrogens is 2. The number of fused-ring (bicyclic) bond motifs is 1. The molecule has 1 atom stereocenters. The van der Waals surface area contributed by atoms with Crippen LogP contribution < -0.4 is 4.74 Å². The lowest BCUT2D eigenvalue weighted by Crippen LogP contribution is -2.21. The molecule has 0 N–H and O–H groups in total. The molecule has 0 bridgehead atoms. The van der Waals surface area contributed by atoms with Gasteiger partial charge in [-0.2, -0.15) is 0 Å². The zero-order valence-corrected chi connectivity index (χ0v) is 13.4. The highest BCUT2D eigenvalue weighted by molar-refractivity contribution is 5.45. The number of nitrogens with zero attached hydrogens (tertiary/aromatic N) is 3. The van der Waals surface area contributed by atoms with E-state index >= 15 is 0 Å². The Morgan fingerprint density at radius 2 is 2.04 bits per heavy atom. The molecule has 4 rings (SSSR count). The number of benzene rings is 1. The molecule has 4 nitrogen and oxygen atoms in total. The van der Waals surface area contributed by atoms with Crippen LogP contribution >= 0.6 is 0 Å². The second-order valence-electron chi connectivity index (χ2n) is 6.20. The van der Waals surface area contributed by atoms with Gasteiger partial charge in [-0.05, 0) is 48.7 Å². The summed E-state index contributed by atoms with van der Waals surface area (Å²) in [7, 11) is 1.71. The fraction of sp³-hybridized carbons (Fsp3) is 0.316. The summed E-state index contributed by atoms with van der Waals surface area (Å²) >= 11 is 0. The molecule has 1 fully saturated rings. The van der Waals surface area contributed by atoms with Crippen LogP contribution in [0.15, 0.2) is 55.0 Å². The third-order valence-corrected chi connectivity index (χ3v) is 4.78. The van der Waals surface area contributed by atoms with E-state index in [0.717, 1.165) is 30.9 Å². The van der Waals surface area contributed by atoms with Crippen molar-refractivity contribution in [1.82, 2.24) is 14.3 Å². The van der Waals surface area contributed by atoms with Crippen molar-refractivity contribution < 1.29 is 4.74 Å². The monoisotopic (exact) mass is 307 g/mol. The first-order valence-electron chi connectivity index (χ1n) is 8.10. The predicted octanol–water partition coefficient (Wildman–Crippen LogP) is 3.33. The van der Waals surface area contributed by atoms with Gasteiger partial charge in [0.1, 0.15) is 5.75 Å². The summed E-state index contributed by atoms with van der Waals surface area (Å²) in [5.74, 6) is 1.54. The topological polar surface area (TPSA) is 29.8 Å². The number of methoxy groups -OCH3 is 1. The van der Waals surface area contributed by atoms with Crippen LogP contribution in [0.25, 0.3) is 5.52 Å². The summed E-state index contributed by atoms with van der Waals surface area (Å²) in [6, 6.07) is 14.9. The summed E-state index contributed by atoms with van der Waals surface area (Å²) in [6.07, 6.45) is 5.03. The molecule has 1 aliphatic rings. The smallest absolute Gasteiger partial charge is 0.118 e. The molecule has 4 heteroatoms. The van der Waals surface area contributed by atoms with Gasteiger partial charge in [0.25, 0.3) is 0 Å². The third-order valence-electron chi connectivity index (χ3n) is 4.78. The van der Waals surface area contributed by atoms with E-state index in [9.17, 15) is 0 Å². The minimum Gasteiger partial charge on any atom is -0.497 e. The Bertz CT molecular complexity index is 794. The molecule has 1 aliphatic heterocycles. The highest BCUT2D eigenvalue weighted by Gasteiger charge is 2.24. The van der Waals surface area contributed by atoms with Crippen LogP contribution in [0.3, 0.4) is 0 Å². The highest BCUT2D eigenvalue weighted by atomic mass is 16.5. The molecular formula is C19H21N3O. The van der Waals surface area contributed by atoms with Crippen LogP contribution in [-0.2, 0) is 6.54 Å². The van der Waals surface area contributed by atoms with Gasteiger partial charge in [-0.25, -0.2) is 4.98 Å². The first-order chi connectivity index (χ1) is 11.3. The molecule has 118 valence electrons. The molecule has 0 radical (unpaired) electrons. The first-order valence-corrected chi connectivity index (χ1v) is 8.10. The van der Waals surface area contributed by atoms with Gasteiger partial charge in [0.15, 0.2) is 0 Å². The Morgan fingerprint density at radius 1 is 1.17 bits per heavy atom. The largest absolute Gasteiger partial charge is 0.497 e. The van der Waals surface area contributed by atoms with Crippen LogP contribution in [0, 0.1) is 0 Å². The summed E-state index contributed by atoms with van der Waals surface area (Å²) in [5, 5.41) is 0. The SMILES string of the molecule is COc1ccc(C2CCN(Cc3cccc4cncn34)C2)cc1. The Balaban J connectivity index is 1.46. The second-order valence-corrected chi connectivity index (χ2v) is 6.20. The molecule has 3 aromatic rings. The van der Waals surface area contributed by atoms with Crippen LogP contribution in [0.1, 0.15) is 23.6 Å². The predicted molar refractivity (Wildman–Crippen MR) is 90.8 cm³/mol. The average Bonchev–Trinajstić information content (AvgIpc) is 3.25. The zero-order chi connectivity index (χ0) is 15.6. The van der Waals surface area contributed by atoms with E-state index in [2.05, 4.69) is 56.7 Å². The van der Waals surface area contributed by atoms with E-state index < -0.39 is 0 Å². The van der Waals surface area contributed by atoms with E-state index in [1.165, 1.54) is 17.7 Å². The van der Waals surface area contributed by atoms with Crippen LogP contribution in [0.2, 0.25) is 0 Å². The van der Waals surface area contributed by atoms with E-state index in [1.54, 1.807) is 7.11 Å². The zero-order valence-electron chi connectivity index (χ0n) is 13.4. The van der Waals surface area contributed by atoms with Gasteiger partial charge in [0, 0.05) is 18.8 Å². The molecule has 0 spiro atoms. The maximum Gasteiger partial charge on any atom is 0.118 e. The standard InChI is InChI=1S/C19H21N3O/c1-23-19-7-5-15(6-8-19)16-9-10-21(12-16)13-18-4-2-3-17-11-20-14-22(17)18/h2-8,11,14,16H,9-10,12-13H2,1H3. The molecule has 0 aliphatic carbocycles. The number of rotatable bonds is 4. The molecule has 1 saturated heterocycles. The number of hydrogen-bond donors (Lipinski definition) is 0. The van der Waals surface area contributed by atoms with Gasteiger partial charge in [-0.1, -0.05) is 18.2 Å². The quantitative estimate of drug-likeness (QED) is 0.740. The van der Waals surface area contributed by atoms with Gasteiger partial charge in [-0.3, -0.25) is 4.90 Å². The fourth-order valence-electron chi connectivity index (χ4n) is 3.49. The van der Waals surface area contributed by atoms with E-state index in [4.69, 9.17) is 4.74 Å². The van der Waals surface area contributed by atoms with E-state index in [0.29, 0.717) is 5.92 Å². The lowest BCUT2D eigenvalue weighted by atomic mass is 9.98. The van der Waals surface area contributed by atoms with Crippen LogP contribution in [0.4, 0.5) is 0 Å². The van der Waals surface area contributed by atoms with Crippen molar-refractivity contribution in [3.8, 4) is 5.75 Å². The van der Waals surface area contributed by atoms with Crippen molar-refractivity contribution in [3.05, 3.63) is 66.2 Å². The van der Waals surface area contributed by atoms with Crippen molar-refractivity contribution >= 4 is 5.52 Å². The Kier molecular flexibility index (Phi) is 3.75. The van der Waals surface area contributed by atoms with Crippen LogP contribution in [-0.4, -0.2) is 34.5 Å². The molecule has 2 aromatic heterocycles. The molecule has 1 unspecified atom stereocenters. The summed E-state index contributed by atoms with van der Waals surface area (Å²) < 4.78 is 7.43. The third kappa shape index (κ3) is 2.82. The number of ether oxygens (including phenoxy) is 1. The molecule has 23 heavy (non-hydrogen) atoms. The lowest BCUT2D eigenvalue weighted by molar-refractivity contribution is 0.321. The van der Waals surface area contributed by atoms with Crippen LogP contribution in [0.5, 0.6) is 5.75 Å². The summed E-state index contributed by atoms with van der Waals surface area (Å²) in [4.78, 5) is 6.78. The number of pyridine rings is 1. The number of likely N-dealkylation sites (tertiary alicyclic amines) is 1. The maximum atomic E-state index is 5.25. The molecular weight excluding hydrogens is 286 g/mol. The van der Waals surface area contributed by atoms with Crippen molar-refractivity contribution in [3.63, 3.8) is 0 Å². The van der Waals surface area contributed by atoms with Gasteiger partial charge >= 0.3 is 0 Å². The van der Waals surface area contributed by atoms with Gasteiger partial charge in [-0.15, -0.1) is 0 Å². The second kappa shape index (κ2) is 6.05. The first kappa shape index (κ1) is 14.3. The van der Waals surface area contributed by atoms with Gasteiger partial charge in [0.2, 0.25) is 0 Å². The average molecular weight is 307 g/mol. The minimum absolute atomic E-state index is 0.614. The van der Waals surface area contributed by atoms with Crippen molar-refractivity contribution in [2.75, 3.05) is 20.2 Å². The Morgan fingerprint density at radius 3 is 2.87 bits per heavy atom. The minimum atomic E-state index is 0.614. The Hall–Kier alpha value is -2.33. The number of hydrogen-bond acceptors (Lipinski definition) is 3. The molecule has 0 saturated carbocycles. The Labute approximate surface area is 136 Å². The fourth-order valence-corrected chi connectivity index (χ4v) is 3.49. The highest BCUT2D eigenvalue weighted by Crippen LogP contribution is 2.29. The maximum absolute atomic E-state index is 5.25. The lowest BCUT2D eigenvalue weighted by Gasteiger charge is -2.17. The summed E-state index contributed by atoms with van der Waals surface area (Å²) in [5.41, 5.74) is 3.87. The molecule has 3 heterocycles. The van der Waals surface area contributed by atoms with Crippen molar-refractivity contribution in [2.24, 2.45) is 0 Å². The summed E-state index contributed by atoms with van der Waals surface area (Å²) in [6.45, 7) is 3.22. The molecule has 0 amide bonds. The van der Waals surface area contributed by atoms with E-state index in [1.807, 2.05) is 12.5 Å². The number of imidazole rings is 1. The van der Waals surface area contributed by atoms with E-state index in [-0.39, 0.29) is 0 Å².